The summed E-state index contributed by atoms with van der Waals surface area (Å²) in [5, 5.41) is 1.55. The fourth-order valence-electron chi connectivity index (χ4n) is 2.78. The first kappa shape index (κ1) is 14.9. The van der Waals surface area contributed by atoms with Crippen LogP contribution >= 0.6 is 15.9 Å². The molecule has 6 heteroatoms. The minimum absolute atomic E-state index is 0.0286. The van der Waals surface area contributed by atoms with Crippen molar-refractivity contribution in [1.82, 2.24) is 9.71 Å². The molecule has 0 atom stereocenters. The van der Waals surface area contributed by atoms with Crippen molar-refractivity contribution in [2.45, 2.75) is 41.4 Å². The number of nitrogens with zero attached hydrogens (tertiary/aromatic N) is 1. The quantitative estimate of drug-likeness (QED) is 0.846. The van der Waals surface area contributed by atoms with E-state index in [0.717, 1.165) is 31.1 Å². The monoisotopic (exact) mass is 368 g/mol. The molecule has 2 aromatic rings. The Balaban J connectivity index is 1.90. The molecule has 1 saturated carbocycles. The van der Waals surface area contributed by atoms with Crippen LogP contribution in [-0.2, 0) is 10.0 Å². The van der Waals surface area contributed by atoms with Gasteiger partial charge in [0.05, 0.1) is 4.90 Å². The van der Waals surface area contributed by atoms with Crippen LogP contribution in [0.4, 0.5) is 0 Å². The molecule has 1 N–H and O–H groups in total. The van der Waals surface area contributed by atoms with Gasteiger partial charge in [0.1, 0.15) is 0 Å². The molecule has 0 amide bonds. The zero-order valence-corrected chi connectivity index (χ0v) is 13.9. The smallest absolute Gasteiger partial charge is 0.241 e. The number of rotatable bonds is 3. The third kappa shape index (κ3) is 3.27. The van der Waals surface area contributed by atoms with Crippen molar-refractivity contribution in [3.05, 3.63) is 36.7 Å². The Hall–Kier alpha value is -0.980. The maximum absolute atomic E-state index is 12.7. The summed E-state index contributed by atoms with van der Waals surface area (Å²) in [5.41, 5.74) is 0. The second-order valence-electron chi connectivity index (χ2n) is 5.42. The number of halogens is 1. The summed E-state index contributed by atoms with van der Waals surface area (Å²) in [6, 6.07) is 7.06. The summed E-state index contributed by atoms with van der Waals surface area (Å²) in [6.07, 6.45) is 7.07. The van der Waals surface area contributed by atoms with Crippen molar-refractivity contribution in [2.24, 2.45) is 0 Å². The van der Waals surface area contributed by atoms with Crippen LogP contribution in [0.3, 0.4) is 0 Å². The van der Waals surface area contributed by atoms with E-state index in [0.29, 0.717) is 15.1 Å². The second kappa shape index (κ2) is 6.02. The lowest BCUT2D eigenvalue weighted by Gasteiger charge is -2.26. The van der Waals surface area contributed by atoms with Crippen LogP contribution in [0, 0.1) is 0 Å². The SMILES string of the molecule is O=S(=O)(NC1CCC(Br)CC1)c1cccc2cnccc12. The van der Waals surface area contributed by atoms with Gasteiger partial charge in [0.15, 0.2) is 0 Å². The van der Waals surface area contributed by atoms with Crippen LogP contribution in [0.2, 0.25) is 0 Å². The van der Waals surface area contributed by atoms with Crippen molar-refractivity contribution in [3.8, 4) is 0 Å². The van der Waals surface area contributed by atoms with Crippen molar-refractivity contribution in [1.29, 1.82) is 0 Å². The van der Waals surface area contributed by atoms with Crippen LogP contribution < -0.4 is 4.72 Å². The lowest BCUT2D eigenvalue weighted by molar-refractivity contribution is 0.423. The molecule has 0 aliphatic heterocycles. The molecule has 1 heterocycles. The molecular formula is C15H17BrN2O2S. The number of hydrogen-bond acceptors (Lipinski definition) is 3. The molecule has 3 rings (SSSR count). The number of nitrogens with one attached hydrogen (secondary N) is 1. The highest BCUT2D eigenvalue weighted by molar-refractivity contribution is 9.09. The maximum Gasteiger partial charge on any atom is 0.241 e. The molecule has 0 unspecified atom stereocenters. The Bertz CT molecular complexity index is 735. The summed E-state index contributed by atoms with van der Waals surface area (Å²) < 4.78 is 28.2. The minimum Gasteiger partial charge on any atom is -0.264 e. The van der Waals surface area contributed by atoms with E-state index in [2.05, 4.69) is 25.6 Å². The zero-order chi connectivity index (χ0) is 14.9. The first-order valence-corrected chi connectivity index (χ1v) is 9.45. The Morgan fingerprint density at radius 1 is 1.14 bits per heavy atom. The fourth-order valence-corrected chi connectivity index (χ4v) is 4.84. The predicted molar refractivity (Wildman–Crippen MR) is 87.0 cm³/mol. The van der Waals surface area contributed by atoms with E-state index >= 15 is 0 Å². The van der Waals surface area contributed by atoms with Gasteiger partial charge in [0.25, 0.3) is 0 Å². The summed E-state index contributed by atoms with van der Waals surface area (Å²) in [6.45, 7) is 0. The summed E-state index contributed by atoms with van der Waals surface area (Å²) in [7, 11) is -3.50. The van der Waals surface area contributed by atoms with Crippen LogP contribution in [0.15, 0.2) is 41.6 Å². The van der Waals surface area contributed by atoms with Crippen LogP contribution in [0.25, 0.3) is 10.8 Å². The van der Waals surface area contributed by atoms with Gasteiger partial charge in [-0.2, -0.15) is 0 Å². The third-order valence-electron chi connectivity index (χ3n) is 3.91. The van der Waals surface area contributed by atoms with Gasteiger partial charge in [-0.1, -0.05) is 28.1 Å². The molecule has 112 valence electrons. The van der Waals surface area contributed by atoms with Gasteiger partial charge in [0, 0.05) is 34.0 Å². The number of alkyl halides is 1. The molecule has 1 aliphatic rings. The van der Waals surface area contributed by atoms with E-state index in [9.17, 15) is 8.42 Å². The van der Waals surface area contributed by atoms with E-state index in [1.807, 2.05) is 6.07 Å². The lowest BCUT2D eigenvalue weighted by Crippen LogP contribution is -2.37. The molecule has 0 saturated heterocycles. The van der Waals surface area contributed by atoms with Gasteiger partial charge < -0.3 is 0 Å². The average Bonchev–Trinajstić information content (AvgIpc) is 2.49. The number of fused-ring (bicyclic) bond motifs is 1. The molecule has 0 bridgehead atoms. The number of sulfonamides is 1. The van der Waals surface area contributed by atoms with Crippen LogP contribution in [0.1, 0.15) is 25.7 Å². The topological polar surface area (TPSA) is 59.1 Å². The van der Waals surface area contributed by atoms with E-state index in [1.54, 1.807) is 30.6 Å². The fraction of sp³-hybridized carbons (Fsp3) is 0.400. The molecule has 1 aromatic carbocycles. The Labute approximate surface area is 133 Å². The first-order chi connectivity index (χ1) is 10.1. The molecule has 1 fully saturated rings. The Morgan fingerprint density at radius 2 is 1.90 bits per heavy atom. The number of aromatic nitrogens is 1. The first-order valence-electron chi connectivity index (χ1n) is 7.05. The van der Waals surface area contributed by atoms with E-state index in [-0.39, 0.29) is 6.04 Å². The standard InChI is InChI=1S/C15H17BrN2O2S/c16-12-4-6-13(7-5-12)18-21(19,20)15-3-1-2-11-10-17-9-8-14(11)15/h1-3,8-10,12-13,18H,4-7H2. The largest absolute Gasteiger partial charge is 0.264 e. The zero-order valence-electron chi connectivity index (χ0n) is 11.5. The second-order valence-corrected chi connectivity index (χ2v) is 8.40. The molecule has 0 radical (unpaired) electrons. The molecule has 4 nitrogen and oxygen atoms in total. The highest BCUT2D eigenvalue weighted by Gasteiger charge is 2.25. The highest BCUT2D eigenvalue weighted by atomic mass is 79.9. The van der Waals surface area contributed by atoms with E-state index in [1.165, 1.54) is 0 Å². The van der Waals surface area contributed by atoms with Crippen LogP contribution in [0.5, 0.6) is 0 Å². The maximum atomic E-state index is 12.7. The predicted octanol–water partition coefficient (Wildman–Crippen LogP) is 3.22. The summed E-state index contributed by atoms with van der Waals surface area (Å²) in [5.74, 6) is 0. The van der Waals surface area contributed by atoms with Crippen molar-refractivity contribution in [2.75, 3.05) is 0 Å². The number of benzene rings is 1. The van der Waals surface area contributed by atoms with Gasteiger partial charge in [-0.15, -0.1) is 0 Å². The van der Waals surface area contributed by atoms with Gasteiger partial charge >= 0.3 is 0 Å². The van der Waals surface area contributed by atoms with Gasteiger partial charge in [0.2, 0.25) is 10.0 Å². The minimum atomic E-state index is -3.50. The van der Waals surface area contributed by atoms with Gasteiger partial charge in [-0.3, -0.25) is 4.98 Å². The third-order valence-corrected chi connectivity index (χ3v) is 6.40. The summed E-state index contributed by atoms with van der Waals surface area (Å²) >= 11 is 3.59. The number of hydrogen-bond donors (Lipinski definition) is 1. The molecule has 1 aliphatic carbocycles. The molecule has 21 heavy (non-hydrogen) atoms. The van der Waals surface area contributed by atoms with E-state index in [4.69, 9.17) is 0 Å². The van der Waals surface area contributed by atoms with Crippen molar-refractivity contribution >= 4 is 36.7 Å². The number of pyridine rings is 1. The van der Waals surface area contributed by atoms with Gasteiger partial charge in [-0.25, -0.2) is 13.1 Å². The van der Waals surface area contributed by atoms with E-state index < -0.39 is 10.0 Å². The normalized spacial score (nSPS) is 23.3. The van der Waals surface area contributed by atoms with Crippen LogP contribution in [-0.4, -0.2) is 24.3 Å². The lowest BCUT2D eigenvalue weighted by atomic mass is 9.96. The Morgan fingerprint density at radius 3 is 2.67 bits per heavy atom. The molecule has 1 aromatic heterocycles. The van der Waals surface area contributed by atoms with Crippen molar-refractivity contribution < 1.29 is 8.42 Å². The average molecular weight is 369 g/mol. The van der Waals surface area contributed by atoms with Crippen molar-refractivity contribution in [3.63, 3.8) is 0 Å². The summed E-state index contributed by atoms with van der Waals surface area (Å²) in [4.78, 5) is 4.89. The van der Waals surface area contributed by atoms with Gasteiger partial charge in [-0.05, 0) is 37.8 Å². The molecule has 0 spiro atoms. The Kier molecular flexibility index (Phi) is 4.28. The highest BCUT2D eigenvalue weighted by Crippen LogP contribution is 2.27. The molecular weight excluding hydrogens is 352 g/mol.